The van der Waals surface area contributed by atoms with Gasteiger partial charge in [-0.25, -0.2) is 0 Å². The van der Waals surface area contributed by atoms with Gasteiger partial charge in [0.1, 0.15) is 5.82 Å². The Morgan fingerprint density at radius 2 is 2.22 bits per heavy atom. The molecule has 120 valence electrons. The molecule has 0 radical (unpaired) electrons. The molecular weight excluding hydrogens is 378 g/mol. The summed E-state index contributed by atoms with van der Waals surface area (Å²) >= 11 is 4.93. The molecule has 0 saturated heterocycles. The van der Waals surface area contributed by atoms with Gasteiger partial charge in [-0.2, -0.15) is 4.98 Å². The third kappa shape index (κ3) is 3.07. The van der Waals surface area contributed by atoms with E-state index in [0.29, 0.717) is 16.5 Å². The minimum absolute atomic E-state index is 0.0869. The molecular formula is C16H16BrN3O2S. The molecule has 1 amide bonds. The van der Waals surface area contributed by atoms with Crippen LogP contribution in [0.5, 0.6) is 0 Å². The summed E-state index contributed by atoms with van der Waals surface area (Å²) in [6, 6.07) is 7.71. The van der Waals surface area contributed by atoms with Crippen LogP contribution in [0.25, 0.3) is 0 Å². The van der Waals surface area contributed by atoms with Crippen LogP contribution in [-0.2, 0) is 11.8 Å². The first kappa shape index (κ1) is 16.3. The van der Waals surface area contributed by atoms with Crippen molar-refractivity contribution >= 4 is 39.4 Å². The molecule has 0 fully saturated rings. The lowest BCUT2D eigenvalue weighted by Crippen LogP contribution is -2.33. The van der Waals surface area contributed by atoms with Crippen molar-refractivity contribution in [1.82, 2.24) is 9.55 Å². The molecule has 2 aromatic rings. The highest BCUT2D eigenvalue weighted by atomic mass is 79.9. The maximum Gasteiger partial charge on any atom is 0.279 e. The Morgan fingerprint density at radius 1 is 1.43 bits per heavy atom. The standard InChI is InChI=1S/C16H16BrN3O2S/c1-3-23-16-19-15(22)13-11(9-5-4-6-10(17)7-9)8-12(21)18-14(13)20(16)2/h4-7,11H,3,8H2,1-2H3,(H,18,21). The van der Waals surface area contributed by atoms with E-state index in [9.17, 15) is 9.59 Å². The van der Waals surface area contributed by atoms with Gasteiger partial charge < -0.3 is 9.88 Å². The van der Waals surface area contributed by atoms with Gasteiger partial charge in [-0.3, -0.25) is 9.59 Å². The molecule has 0 aliphatic carbocycles. The summed E-state index contributed by atoms with van der Waals surface area (Å²) in [5, 5.41) is 3.46. The Labute approximate surface area is 146 Å². The van der Waals surface area contributed by atoms with Gasteiger partial charge in [0, 0.05) is 23.9 Å². The minimum Gasteiger partial charge on any atom is -0.312 e. The zero-order valence-corrected chi connectivity index (χ0v) is 15.2. The van der Waals surface area contributed by atoms with Crippen LogP contribution >= 0.6 is 27.7 Å². The second kappa shape index (κ2) is 6.49. The lowest BCUT2D eigenvalue weighted by atomic mass is 9.87. The number of thioether (sulfide) groups is 1. The summed E-state index contributed by atoms with van der Waals surface area (Å²) < 4.78 is 2.72. The third-order valence-electron chi connectivity index (χ3n) is 3.83. The summed E-state index contributed by atoms with van der Waals surface area (Å²) in [7, 11) is 1.83. The van der Waals surface area contributed by atoms with Crippen LogP contribution in [0.4, 0.5) is 5.82 Å². The van der Waals surface area contributed by atoms with Gasteiger partial charge in [0.2, 0.25) is 5.91 Å². The van der Waals surface area contributed by atoms with E-state index in [0.717, 1.165) is 15.8 Å². The van der Waals surface area contributed by atoms with Crippen LogP contribution in [0.2, 0.25) is 0 Å². The van der Waals surface area contributed by atoms with Crippen LogP contribution in [0.3, 0.4) is 0 Å². The Kier molecular flexibility index (Phi) is 4.59. The van der Waals surface area contributed by atoms with E-state index in [1.54, 1.807) is 4.57 Å². The highest BCUT2D eigenvalue weighted by Gasteiger charge is 2.32. The van der Waals surface area contributed by atoms with Crippen molar-refractivity contribution in [2.75, 3.05) is 11.1 Å². The van der Waals surface area contributed by atoms with Gasteiger partial charge in [-0.15, -0.1) is 0 Å². The van der Waals surface area contributed by atoms with Crippen molar-refractivity contribution in [3.8, 4) is 0 Å². The first-order valence-electron chi connectivity index (χ1n) is 7.30. The molecule has 23 heavy (non-hydrogen) atoms. The number of halogens is 1. The number of nitrogens with one attached hydrogen (secondary N) is 1. The summed E-state index contributed by atoms with van der Waals surface area (Å²) in [5.74, 6) is 1.00. The van der Waals surface area contributed by atoms with Crippen molar-refractivity contribution in [1.29, 1.82) is 0 Å². The number of aromatic nitrogens is 2. The predicted molar refractivity (Wildman–Crippen MR) is 95.1 cm³/mol. The molecule has 2 heterocycles. The molecule has 1 aliphatic heterocycles. The maximum atomic E-state index is 12.6. The Balaban J connectivity index is 2.20. The van der Waals surface area contributed by atoms with Crippen molar-refractivity contribution in [3.05, 3.63) is 50.2 Å². The van der Waals surface area contributed by atoms with Crippen molar-refractivity contribution in [2.45, 2.75) is 24.4 Å². The number of rotatable bonds is 3. The lowest BCUT2D eigenvalue weighted by molar-refractivity contribution is -0.116. The largest absolute Gasteiger partial charge is 0.312 e. The third-order valence-corrected chi connectivity index (χ3v) is 5.23. The predicted octanol–water partition coefficient (Wildman–Crippen LogP) is 3.13. The van der Waals surface area contributed by atoms with Gasteiger partial charge in [0.05, 0.1) is 5.56 Å². The summed E-state index contributed by atoms with van der Waals surface area (Å²) in [5.41, 5.74) is 1.23. The highest BCUT2D eigenvalue weighted by molar-refractivity contribution is 9.10. The van der Waals surface area contributed by atoms with Gasteiger partial charge in [-0.05, 0) is 23.4 Å². The number of anilines is 1. The molecule has 0 spiro atoms. The van der Waals surface area contributed by atoms with Gasteiger partial charge in [-0.1, -0.05) is 46.7 Å². The number of hydrogen-bond acceptors (Lipinski definition) is 4. The average molecular weight is 394 g/mol. The zero-order chi connectivity index (χ0) is 16.6. The number of fused-ring (bicyclic) bond motifs is 1. The Bertz CT molecular complexity index is 835. The van der Waals surface area contributed by atoms with E-state index in [2.05, 4.69) is 26.2 Å². The molecule has 1 atom stereocenters. The number of carbonyl (C=O) groups excluding carboxylic acids is 1. The van der Waals surface area contributed by atoms with Crippen LogP contribution in [-0.4, -0.2) is 21.2 Å². The molecule has 1 unspecified atom stereocenters. The molecule has 7 heteroatoms. The van der Waals surface area contributed by atoms with Crippen LogP contribution in [0.1, 0.15) is 30.4 Å². The van der Waals surface area contributed by atoms with E-state index >= 15 is 0 Å². The van der Waals surface area contributed by atoms with Crippen molar-refractivity contribution in [3.63, 3.8) is 0 Å². The van der Waals surface area contributed by atoms with Crippen molar-refractivity contribution in [2.24, 2.45) is 7.05 Å². The first-order chi connectivity index (χ1) is 11.0. The molecule has 0 bridgehead atoms. The number of nitrogens with zero attached hydrogens (tertiary/aromatic N) is 2. The summed E-state index contributed by atoms with van der Waals surface area (Å²) in [4.78, 5) is 29.0. The van der Waals surface area contributed by atoms with Crippen LogP contribution < -0.4 is 10.9 Å². The van der Waals surface area contributed by atoms with Crippen molar-refractivity contribution < 1.29 is 4.79 Å². The Morgan fingerprint density at radius 3 is 2.91 bits per heavy atom. The monoisotopic (exact) mass is 393 g/mol. The number of amides is 1. The fraction of sp³-hybridized carbons (Fsp3) is 0.312. The molecule has 1 aliphatic rings. The fourth-order valence-corrected chi connectivity index (χ4v) is 3.91. The first-order valence-corrected chi connectivity index (χ1v) is 9.08. The summed E-state index contributed by atoms with van der Waals surface area (Å²) in [6.45, 7) is 2.00. The van der Waals surface area contributed by atoms with Gasteiger partial charge in [0.25, 0.3) is 5.56 Å². The van der Waals surface area contributed by atoms with Crippen LogP contribution in [0, 0.1) is 0 Å². The molecule has 3 rings (SSSR count). The van der Waals surface area contributed by atoms with Gasteiger partial charge >= 0.3 is 0 Å². The van der Waals surface area contributed by atoms with E-state index in [1.807, 2.05) is 38.2 Å². The lowest BCUT2D eigenvalue weighted by Gasteiger charge is -2.27. The average Bonchev–Trinajstić information content (AvgIpc) is 2.51. The maximum absolute atomic E-state index is 12.6. The number of carbonyl (C=O) groups is 1. The molecule has 5 nitrogen and oxygen atoms in total. The van der Waals surface area contributed by atoms with E-state index < -0.39 is 0 Å². The second-order valence-corrected chi connectivity index (χ2v) is 7.46. The molecule has 1 N–H and O–H groups in total. The number of hydrogen-bond donors (Lipinski definition) is 1. The zero-order valence-electron chi connectivity index (χ0n) is 12.8. The quantitative estimate of drug-likeness (QED) is 0.642. The van der Waals surface area contributed by atoms with Gasteiger partial charge in [0.15, 0.2) is 5.16 Å². The summed E-state index contributed by atoms with van der Waals surface area (Å²) in [6.07, 6.45) is 0.251. The smallest absolute Gasteiger partial charge is 0.279 e. The van der Waals surface area contributed by atoms with E-state index in [1.165, 1.54) is 11.8 Å². The minimum atomic E-state index is -0.275. The molecule has 1 aromatic carbocycles. The molecule has 0 saturated carbocycles. The fourth-order valence-electron chi connectivity index (χ4n) is 2.80. The number of benzene rings is 1. The second-order valence-electron chi connectivity index (χ2n) is 5.31. The van der Waals surface area contributed by atoms with Crippen LogP contribution in [0.15, 0.2) is 38.7 Å². The normalized spacial score (nSPS) is 16.8. The Hall–Kier alpha value is -1.60. The molecule has 1 aromatic heterocycles. The topological polar surface area (TPSA) is 64.0 Å². The SMILES string of the molecule is CCSc1nc(=O)c2c(n1C)NC(=O)CC2c1cccc(Br)c1. The highest BCUT2D eigenvalue weighted by Crippen LogP contribution is 2.36. The van der Waals surface area contributed by atoms with E-state index in [-0.39, 0.29) is 23.8 Å². The van der Waals surface area contributed by atoms with E-state index in [4.69, 9.17) is 0 Å².